The number of nitrogens with one attached hydrogen (secondary N) is 1. The highest BCUT2D eigenvalue weighted by Gasteiger charge is 2.07. The van der Waals surface area contributed by atoms with Gasteiger partial charge in [0.1, 0.15) is 5.75 Å². The van der Waals surface area contributed by atoms with Gasteiger partial charge < -0.3 is 9.64 Å². The first-order valence-electron chi connectivity index (χ1n) is 8.09. The maximum Gasteiger partial charge on any atom is 0.259 e. The molecule has 0 aliphatic rings. The van der Waals surface area contributed by atoms with Crippen LogP contribution in [0.25, 0.3) is 23.1 Å². The number of para-hydroxylation sites is 1. The van der Waals surface area contributed by atoms with Gasteiger partial charge in [-0.1, -0.05) is 30.3 Å². The first-order chi connectivity index (χ1) is 12.0. The first-order valence-corrected chi connectivity index (χ1v) is 8.09. The summed E-state index contributed by atoms with van der Waals surface area (Å²) in [6.07, 6.45) is 4.01. The fourth-order valence-electron chi connectivity index (χ4n) is 2.49. The van der Waals surface area contributed by atoms with Gasteiger partial charge >= 0.3 is 0 Å². The average molecular weight is 335 g/mol. The Morgan fingerprint density at radius 1 is 1.20 bits per heavy atom. The average Bonchev–Trinajstić information content (AvgIpc) is 3.02. The number of carbonyl (C=O) groups is 1. The lowest BCUT2D eigenvalue weighted by Gasteiger charge is -2.13. The molecule has 0 saturated carbocycles. The molecule has 3 aromatic rings. The third-order valence-corrected chi connectivity index (χ3v) is 3.98. The predicted octanol–water partition coefficient (Wildman–Crippen LogP) is 3.51. The van der Waals surface area contributed by atoms with E-state index >= 15 is 0 Å². The molecule has 2 aromatic carbocycles. The van der Waals surface area contributed by atoms with Crippen LogP contribution in [-0.2, 0) is 4.79 Å². The number of aryl methyl sites for hydroxylation is 1. The Bertz CT molecular complexity index is 926. The van der Waals surface area contributed by atoms with Crippen molar-refractivity contribution < 1.29 is 9.53 Å². The van der Waals surface area contributed by atoms with E-state index in [1.807, 2.05) is 61.5 Å². The van der Waals surface area contributed by atoms with E-state index in [1.54, 1.807) is 14.1 Å². The van der Waals surface area contributed by atoms with Crippen LogP contribution in [0.15, 0.2) is 42.5 Å². The molecule has 1 N–H and O–H groups in total. The number of benzene rings is 2. The summed E-state index contributed by atoms with van der Waals surface area (Å²) in [4.78, 5) is 13.1. The van der Waals surface area contributed by atoms with Crippen molar-refractivity contribution in [3.8, 4) is 5.75 Å². The molecule has 0 atom stereocenters. The lowest BCUT2D eigenvalue weighted by atomic mass is 10.1. The number of aromatic nitrogens is 2. The Kier molecular flexibility index (Phi) is 4.84. The molecule has 0 aliphatic heterocycles. The molecular formula is C20H21N3O2. The topological polar surface area (TPSA) is 58.2 Å². The largest absolute Gasteiger partial charge is 0.484 e. The van der Waals surface area contributed by atoms with Crippen LogP contribution in [0.1, 0.15) is 16.8 Å². The van der Waals surface area contributed by atoms with Gasteiger partial charge in [0.15, 0.2) is 6.61 Å². The second kappa shape index (κ2) is 7.21. The van der Waals surface area contributed by atoms with Gasteiger partial charge in [-0.05, 0) is 42.3 Å². The molecule has 0 saturated heterocycles. The Morgan fingerprint density at radius 2 is 2.00 bits per heavy atom. The Morgan fingerprint density at radius 3 is 2.76 bits per heavy atom. The molecule has 5 heteroatoms. The number of carbonyl (C=O) groups excluding carboxylic acids is 1. The highest BCUT2D eigenvalue weighted by atomic mass is 16.5. The quantitative estimate of drug-likeness (QED) is 0.776. The predicted molar refractivity (Wildman–Crippen MR) is 100 cm³/mol. The van der Waals surface area contributed by atoms with Gasteiger partial charge in [-0.15, -0.1) is 0 Å². The third-order valence-electron chi connectivity index (χ3n) is 3.98. The molecular weight excluding hydrogens is 314 g/mol. The number of nitrogens with zero attached hydrogens (tertiary/aromatic N) is 2. The Hall–Kier alpha value is -3.08. The van der Waals surface area contributed by atoms with Crippen LogP contribution in [0.2, 0.25) is 0 Å². The van der Waals surface area contributed by atoms with Crippen molar-refractivity contribution in [1.82, 2.24) is 15.1 Å². The number of amides is 1. The van der Waals surface area contributed by atoms with Gasteiger partial charge in [-0.2, -0.15) is 5.10 Å². The van der Waals surface area contributed by atoms with E-state index in [1.165, 1.54) is 4.90 Å². The highest BCUT2D eigenvalue weighted by molar-refractivity contribution is 5.89. The molecule has 1 aromatic heterocycles. The monoisotopic (exact) mass is 335 g/mol. The smallest absolute Gasteiger partial charge is 0.259 e. The summed E-state index contributed by atoms with van der Waals surface area (Å²) in [5, 5.41) is 8.46. The van der Waals surface area contributed by atoms with Crippen LogP contribution < -0.4 is 4.74 Å². The molecule has 0 unspecified atom stereocenters. The van der Waals surface area contributed by atoms with Crippen LogP contribution >= 0.6 is 0 Å². The molecule has 0 spiro atoms. The molecule has 3 rings (SSSR count). The zero-order valence-electron chi connectivity index (χ0n) is 14.6. The Balaban J connectivity index is 1.73. The van der Waals surface area contributed by atoms with Gasteiger partial charge in [0, 0.05) is 19.5 Å². The second-order valence-corrected chi connectivity index (χ2v) is 6.09. The van der Waals surface area contributed by atoms with Crippen molar-refractivity contribution in [2.45, 2.75) is 6.92 Å². The zero-order chi connectivity index (χ0) is 17.8. The molecule has 5 nitrogen and oxygen atoms in total. The lowest BCUT2D eigenvalue weighted by molar-refractivity contribution is -0.130. The van der Waals surface area contributed by atoms with Gasteiger partial charge in [-0.25, -0.2) is 0 Å². The number of likely N-dealkylation sites (N-methyl/N-ethyl adjacent to an activating group) is 1. The van der Waals surface area contributed by atoms with E-state index in [2.05, 4.69) is 10.2 Å². The minimum Gasteiger partial charge on any atom is -0.484 e. The van der Waals surface area contributed by atoms with E-state index in [9.17, 15) is 4.79 Å². The SMILES string of the molecule is Cc1cc(C=Cc2n[nH]c3ccccc23)ccc1OCC(=O)N(C)C. The van der Waals surface area contributed by atoms with E-state index in [-0.39, 0.29) is 12.5 Å². The number of fused-ring (bicyclic) bond motifs is 1. The van der Waals surface area contributed by atoms with E-state index in [4.69, 9.17) is 4.74 Å². The van der Waals surface area contributed by atoms with Crippen LogP contribution in [0.5, 0.6) is 5.75 Å². The summed E-state index contributed by atoms with van der Waals surface area (Å²) >= 11 is 0. The molecule has 0 fully saturated rings. The summed E-state index contributed by atoms with van der Waals surface area (Å²) < 4.78 is 5.59. The van der Waals surface area contributed by atoms with Gasteiger partial charge in [0.25, 0.3) is 5.91 Å². The minimum atomic E-state index is -0.0613. The minimum absolute atomic E-state index is 0.0439. The van der Waals surface area contributed by atoms with E-state index in [0.717, 1.165) is 33.5 Å². The number of ether oxygens (including phenoxy) is 1. The lowest BCUT2D eigenvalue weighted by Crippen LogP contribution is -2.27. The fourth-order valence-corrected chi connectivity index (χ4v) is 2.49. The van der Waals surface area contributed by atoms with Gasteiger partial charge in [-0.3, -0.25) is 9.89 Å². The number of hydrogen-bond acceptors (Lipinski definition) is 3. The van der Waals surface area contributed by atoms with Crippen LogP contribution in [0.4, 0.5) is 0 Å². The Labute approximate surface area is 146 Å². The summed E-state index contributed by atoms with van der Waals surface area (Å²) in [6, 6.07) is 13.9. The van der Waals surface area contributed by atoms with Crippen LogP contribution in [0.3, 0.4) is 0 Å². The summed E-state index contributed by atoms with van der Waals surface area (Å²) in [5.41, 5.74) is 3.97. The molecule has 0 radical (unpaired) electrons. The number of hydrogen-bond donors (Lipinski definition) is 1. The summed E-state index contributed by atoms with van der Waals surface area (Å²) in [7, 11) is 3.43. The molecule has 0 aliphatic carbocycles. The molecule has 1 amide bonds. The number of rotatable bonds is 5. The van der Waals surface area contributed by atoms with E-state index < -0.39 is 0 Å². The normalized spacial score (nSPS) is 11.2. The second-order valence-electron chi connectivity index (χ2n) is 6.09. The molecule has 25 heavy (non-hydrogen) atoms. The van der Waals surface area contributed by atoms with Crippen molar-refractivity contribution in [3.05, 3.63) is 59.3 Å². The fraction of sp³-hybridized carbons (Fsp3) is 0.200. The van der Waals surface area contributed by atoms with E-state index in [0.29, 0.717) is 0 Å². The van der Waals surface area contributed by atoms with Crippen molar-refractivity contribution in [2.24, 2.45) is 0 Å². The highest BCUT2D eigenvalue weighted by Crippen LogP contribution is 2.22. The third kappa shape index (κ3) is 3.88. The van der Waals surface area contributed by atoms with Crippen molar-refractivity contribution >= 4 is 29.0 Å². The molecule has 128 valence electrons. The molecule has 0 bridgehead atoms. The van der Waals surface area contributed by atoms with Crippen molar-refractivity contribution in [1.29, 1.82) is 0 Å². The van der Waals surface area contributed by atoms with Crippen LogP contribution in [0, 0.1) is 6.92 Å². The zero-order valence-corrected chi connectivity index (χ0v) is 14.6. The van der Waals surface area contributed by atoms with Gasteiger partial charge in [0.2, 0.25) is 0 Å². The standard InChI is InChI=1S/C20H21N3O2/c1-14-12-15(9-11-19(14)25-13-20(24)23(2)3)8-10-18-16-6-4-5-7-17(16)21-22-18/h4-12H,13H2,1-3H3,(H,21,22). The van der Waals surface area contributed by atoms with Crippen LogP contribution in [-0.4, -0.2) is 41.7 Å². The maximum absolute atomic E-state index is 11.6. The number of aromatic amines is 1. The summed E-state index contributed by atoms with van der Waals surface area (Å²) in [6.45, 7) is 2.01. The molecule has 1 heterocycles. The van der Waals surface area contributed by atoms with Crippen molar-refractivity contribution in [3.63, 3.8) is 0 Å². The van der Waals surface area contributed by atoms with Crippen molar-refractivity contribution in [2.75, 3.05) is 20.7 Å². The summed E-state index contributed by atoms with van der Waals surface area (Å²) in [5.74, 6) is 0.659. The van der Waals surface area contributed by atoms with Gasteiger partial charge in [0.05, 0.1) is 11.2 Å². The maximum atomic E-state index is 11.6. The number of H-pyrrole nitrogens is 1. The first kappa shape index (κ1) is 16.8.